The number of H-pyrrole nitrogens is 1. The highest BCUT2D eigenvalue weighted by atomic mass is 16.1. The molecule has 0 spiro atoms. The monoisotopic (exact) mass is 177 g/mol. The molecule has 0 unspecified atom stereocenters. The lowest BCUT2D eigenvalue weighted by atomic mass is 10.2. The van der Waals surface area contributed by atoms with Gasteiger partial charge >= 0.3 is 0 Å². The van der Waals surface area contributed by atoms with Crippen LogP contribution in [0, 0.1) is 0 Å². The Hall–Kier alpha value is -1.58. The number of aromatic nitrogens is 3. The van der Waals surface area contributed by atoms with E-state index in [1.54, 1.807) is 10.9 Å². The van der Waals surface area contributed by atoms with Crippen molar-refractivity contribution in [2.24, 2.45) is 7.05 Å². The van der Waals surface area contributed by atoms with Crippen LogP contribution in [0.2, 0.25) is 0 Å². The molecule has 0 fully saturated rings. The Bertz CT molecular complexity index is 495. The van der Waals surface area contributed by atoms with Gasteiger partial charge in [-0.2, -0.15) is 5.10 Å². The Morgan fingerprint density at radius 1 is 1.62 bits per heavy atom. The molecule has 0 amide bonds. The molecular weight excluding hydrogens is 166 g/mol. The van der Waals surface area contributed by atoms with E-state index in [4.69, 9.17) is 0 Å². The predicted octanol–water partition coefficient (Wildman–Crippen LogP) is 0.824. The quantitative estimate of drug-likeness (QED) is 0.701. The third-order valence-corrected chi connectivity index (χ3v) is 2.20. The second kappa shape index (κ2) is 2.73. The van der Waals surface area contributed by atoms with Crippen LogP contribution in [0.1, 0.15) is 12.5 Å². The molecule has 2 aromatic heterocycles. The van der Waals surface area contributed by atoms with Crippen LogP contribution in [0.5, 0.6) is 0 Å². The molecule has 0 aliphatic rings. The molecule has 2 rings (SSSR count). The van der Waals surface area contributed by atoms with Crippen LogP contribution in [0.4, 0.5) is 0 Å². The minimum atomic E-state index is -0.0152. The van der Waals surface area contributed by atoms with Gasteiger partial charge < -0.3 is 4.98 Å². The number of rotatable bonds is 1. The van der Waals surface area contributed by atoms with Gasteiger partial charge in [0.25, 0.3) is 5.56 Å². The van der Waals surface area contributed by atoms with Gasteiger partial charge in [0.2, 0.25) is 0 Å². The summed E-state index contributed by atoms with van der Waals surface area (Å²) in [6.45, 7) is 1.97. The van der Waals surface area contributed by atoms with Crippen molar-refractivity contribution in [1.82, 2.24) is 14.8 Å². The van der Waals surface area contributed by atoms with Crippen molar-refractivity contribution in [3.8, 4) is 0 Å². The highest BCUT2D eigenvalue weighted by molar-refractivity contribution is 5.74. The van der Waals surface area contributed by atoms with E-state index < -0.39 is 0 Å². The fourth-order valence-corrected chi connectivity index (χ4v) is 1.42. The summed E-state index contributed by atoms with van der Waals surface area (Å²) in [5.74, 6) is 0. The molecule has 4 nitrogen and oxygen atoms in total. The normalized spacial score (nSPS) is 10.9. The Morgan fingerprint density at radius 2 is 2.38 bits per heavy atom. The number of nitrogens with zero attached hydrogens (tertiary/aromatic N) is 2. The van der Waals surface area contributed by atoms with Crippen molar-refractivity contribution >= 4 is 11.0 Å². The van der Waals surface area contributed by atoms with Crippen molar-refractivity contribution < 1.29 is 0 Å². The molecule has 2 heterocycles. The van der Waals surface area contributed by atoms with Crippen molar-refractivity contribution in [3.63, 3.8) is 0 Å². The third-order valence-electron chi connectivity index (χ3n) is 2.20. The number of fused-ring (bicyclic) bond motifs is 1. The lowest BCUT2D eigenvalue weighted by Crippen LogP contribution is -2.12. The lowest BCUT2D eigenvalue weighted by Gasteiger charge is -1.96. The summed E-state index contributed by atoms with van der Waals surface area (Å²) < 4.78 is 1.66. The first-order valence-electron chi connectivity index (χ1n) is 4.26. The van der Waals surface area contributed by atoms with Crippen molar-refractivity contribution in [2.45, 2.75) is 13.3 Å². The molecule has 0 aromatic carbocycles. The Balaban J connectivity index is 2.84. The third kappa shape index (κ3) is 1.14. The van der Waals surface area contributed by atoms with Gasteiger partial charge in [0, 0.05) is 18.0 Å². The number of pyridine rings is 1. The molecule has 1 N–H and O–H groups in total. The minimum Gasteiger partial charge on any atom is -0.307 e. The van der Waals surface area contributed by atoms with Crippen LogP contribution in [0.3, 0.4) is 0 Å². The number of aryl methyl sites for hydroxylation is 2. The predicted molar refractivity (Wildman–Crippen MR) is 50.7 cm³/mol. The van der Waals surface area contributed by atoms with Gasteiger partial charge in [0.1, 0.15) is 5.65 Å². The maximum Gasteiger partial charge on any atom is 0.252 e. The Labute approximate surface area is 75.2 Å². The van der Waals surface area contributed by atoms with E-state index in [1.165, 1.54) is 0 Å². The van der Waals surface area contributed by atoms with E-state index in [0.717, 1.165) is 23.0 Å². The summed E-state index contributed by atoms with van der Waals surface area (Å²) in [6, 6.07) is 1.89. The molecule has 0 radical (unpaired) electrons. The molecular formula is C9H11N3O. The van der Waals surface area contributed by atoms with E-state index in [9.17, 15) is 4.79 Å². The van der Waals surface area contributed by atoms with E-state index in [2.05, 4.69) is 10.1 Å². The summed E-state index contributed by atoms with van der Waals surface area (Å²) in [7, 11) is 1.81. The molecule has 0 aliphatic heterocycles. The smallest absolute Gasteiger partial charge is 0.252 e. The van der Waals surface area contributed by atoms with E-state index in [0.29, 0.717) is 0 Å². The average molecular weight is 177 g/mol. The average Bonchev–Trinajstić information content (AvgIpc) is 2.47. The van der Waals surface area contributed by atoms with Crippen molar-refractivity contribution in [3.05, 3.63) is 28.2 Å². The maximum atomic E-state index is 11.4. The van der Waals surface area contributed by atoms with Crippen LogP contribution >= 0.6 is 0 Å². The molecule has 0 aliphatic carbocycles. The van der Waals surface area contributed by atoms with Crippen LogP contribution in [-0.2, 0) is 13.5 Å². The second-order valence-electron chi connectivity index (χ2n) is 3.05. The van der Waals surface area contributed by atoms with E-state index >= 15 is 0 Å². The molecule has 0 saturated heterocycles. The molecule has 68 valence electrons. The van der Waals surface area contributed by atoms with Crippen LogP contribution in [0.15, 0.2) is 17.1 Å². The van der Waals surface area contributed by atoms with Crippen LogP contribution < -0.4 is 5.56 Å². The number of aromatic amines is 1. The standard InChI is InChI=1S/C9H11N3O/c1-3-6-4-7-5-10-12(2)8(7)11-9(6)13/h4-5H,3H2,1-2H3,(H,11,13). The zero-order valence-electron chi connectivity index (χ0n) is 7.66. The highest BCUT2D eigenvalue weighted by Gasteiger charge is 2.03. The second-order valence-corrected chi connectivity index (χ2v) is 3.05. The zero-order valence-corrected chi connectivity index (χ0v) is 7.66. The maximum absolute atomic E-state index is 11.4. The summed E-state index contributed by atoms with van der Waals surface area (Å²) >= 11 is 0. The van der Waals surface area contributed by atoms with Crippen LogP contribution in [0.25, 0.3) is 11.0 Å². The number of hydrogen-bond acceptors (Lipinski definition) is 2. The minimum absolute atomic E-state index is 0.0152. The van der Waals surface area contributed by atoms with Crippen LogP contribution in [-0.4, -0.2) is 14.8 Å². The first-order valence-corrected chi connectivity index (χ1v) is 4.26. The number of nitrogens with one attached hydrogen (secondary N) is 1. The molecule has 4 heteroatoms. The fraction of sp³-hybridized carbons (Fsp3) is 0.333. The van der Waals surface area contributed by atoms with E-state index in [1.807, 2.05) is 20.0 Å². The first kappa shape index (κ1) is 8.04. The van der Waals surface area contributed by atoms with E-state index in [-0.39, 0.29) is 5.56 Å². The van der Waals surface area contributed by atoms with Gasteiger partial charge in [-0.3, -0.25) is 9.48 Å². The highest BCUT2D eigenvalue weighted by Crippen LogP contribution is 2.08. The fourth-order valence-electron chi connectivity index (χ4n) is 1.42. The molecule has 0 atom stereocenters. The van der Waals surface area contributed by atoms with Gasteiger partial charge in [0.15, 0.2) is 0 Å². The van der Waals surface area contributed by atoms with Gasteiger partial charge in [-0.1, -0.05) is 6.92 Å². The van der Waals surface area contributed by atoms with Gasteiger partial charge in [-0.05, 0) is 12.5 Å². The van der Waals surface area contributed by atoms with Gasteiger partial charge in [0.05, 0.1) is 6.20 Å². The molecule has 0 bridgehead atoms. The first-order chi connectivity index (χ1) is 6.22. The Kier molecular flexibility index (Phi) is 1.69. The largest absolute Gasteiger partial charge is 0.307 e. The zero-order chi connectivity index (χ0) is 9.42. The topological polar surface area (TPSA) is 50.7 Å². The lowest BCUT2D eigenvalue weighted by molar-refractivity contribution is 0.784. The number of hydrogen-bond donors (Lipinski definition) is 1. The van der Waals surface area contributed by atoms with Crippen molar-refractivity contribution in [1.29, 1.82) is 0 Å². The summed E-state index contributed by atoms with van der Waals surface area (Å²) in [5.41, 5.74) is 1.57. The summed E-state index contributed by atoms with van der Waals surface area (Å²) in [5, 5.41) is 5.04. The molecule has 0 saturated carbocycles. The van der Waals surface area contributed by atoms with Gasteiger partial charge in [-0.25, -0.2) is 0 Å². The summed E-state index contributed by atoms with van der Waals surface area (Å²) in [6.07, 6.45) is 2.50. The summed E-state index contributed by atoms with van der Waals surface area (Å²) in [4.78, 5) is 14.2. The Morgan fingerprint density at radius 3 is 3.08 bits per heavy atom. The molecule has 2 aromatic rings. The SMILES string of the molecule is CCc1cc2cnn(C)c2[nH]c1=O. The molecule has 13 heavy (non-hydrogen) atoms. The van der Waals surface area contributed by atoms with Crippen molar-refractivity contribution in [2.75, 3.05) is 0 Å². The van der Waals surface area contributed by atoms with Gasteiger partial charge in [-0.15, -0.1) is 0 Å².